The zero-order valence-corrected chi connectivity index (χ0v) is 18.5. The molecule has 0 spiro atoms. The maximum Gasteiger partial charge on any atom is 0.239 e. The number of carbonyl (C=O) groups is 2. The first-order valence-corrected chi connectivity index (χ1v) is 11.2. The summed E-state index contributed by atoms with van der Waals surface area (Å²) in [6.07, 6.45) is 3.63. The molecule has 2 fully saturated rings. The molecule has 8 heteroatoms. The van der Waals surface area contributed by atoms with Gasteiger partial charge in [-0.2, -0.15) is 0 Å². The summed E-state index contributed by atoms with van der Waals surface area (Å²) < 4.78 is 5.25. The molecule has 4 rings (SSSR count). The van der Waals surface area contributed by atoms with Crippen LogP contribution in [0.3, 0.4) is 0 Å². The number of likely N-dealkylation sites (N-methyl/N-ethyl adjacent to an activating group) is 1. The third-order valence-corrected chi connectivity index (χ3v) is 6.60. The van der Waals surface area contributed by atoms with Crippen LogP contribution >= 0.6 is 11.6 Å². The van der Waals surface area contributed by atoms with Crippen LogP contribution in [0.1, 0.15) is 30.6 Å². The van der Waals surface area contributed by atoms with Gasteiger partial charge in [-0.25, -0.2) is 0 Å². The van der Waals surface area contributed by atoms with E-state index in [9.17, 15) is 9.59 Å². The molecule has 166 valence electrons. The molecular weight excluding hydrogens is 416 g/mol. The average molecular weight is 445 g/mol. The average Bonchev–Trinajstić information content (AvgIpc) is 3.39. The van der Waals surface area contributed by atoms with E-state index < -0.39 is 0 Å². The smallest absolute Gasteiger partial charge is 0.239 e. The molecule has 2 aromatic rings. The fourth-order valence-corrected chi connectivity index (χ4v) is 4.89. The fourth-order valence-electron chi connectivity index (χ4n) is 4.68. The van der Waals surface area contributed by atoms with Crippen LogP contribution in [0.25, 0.3) is 0 Å². The van der Waals surface area contributed by atoms with Crippen LogP contribution in [0.4, 0.5) is 0 Å². The van der Waals surface area contributed by atoms with Crippen molar-refractivity contribution in [3.63, 3.8) is 0 Å². The molecule has 2 N–H and O–H groups in total. The topological polar surface area (TPSA) is 77.8 Å². The number of likely N-dealkylation sites (tertiary alicyclic amines) is 1. The number of halogens is 1. The summed E-state index contributed by atoms with van der Waals surface area (Å²) in [7, 11) is 2.08. The van der Waals surface area contributed by atoms with Crippen molar-refractivity contribution < 1.29 is 14.0 Å². The number of fused-ring (bicyclic) bond motifs is 1. The number of amides is 2. The fraction of sp³-hybridized carbons (Fsp3) is 0.478. The molecule has 3 unspecified atom stereocenters. The molecule has 0 saturated carbocycles. The maximum absolute atomic E-state index is 12.9. The molecule has 0 radical (unpaired) electrons. The van der Waals surface area contributed by atoms with Crippen LogP contribution in [-0.2, 0) is 22.7 Å². The van der Waals surface area contributed by atoms with Crippen molar-refractivity contribution in [3.8, 4) is 0 Å². The predicted molar refractivity (Wildman–Crippen MR) is 118 cm³/mol. The molecule has 3 atom stereocenters. The van der Waals surface area contributed by atoms with Crippen molar-refractivity contribution in [1.82, 2.24) is 20.4 Å². The Balaban J connectivity index is 1.34. The van der Waals surface area contributed by atoms with E-state index in [0.29, 0.717) is 37.5 Å². The number of benzene rings is 1. The number of nitrogens with one attached hydrogen (secondary N) is 2. The van der Waals surface area contributed by atoms with E-state index in [2.05, 4.69) is 27.5 Å². The van der Waals surface area contributed by atoms with Gasteiger partial charge >= 0.3 is 0 Å². The van der Waals surface area contributed by atoms with Gasteiger partial charge in [0.2, 0.25) is 11.8 Å². The third-order valence-electron chi connectivity index (χ3n) is 6.37. The van der Waals surface area contributed by atoms with Crippen LogP contribution in [0.2, 0.25) is 5.02 Å². The van der Waals surface area contributed by atoms with Crippen LogP contribution in [0.15, 0.2) is 47.1 Å². The minimum atomic E-state index is -0.193. The predicted octanol–water partition coefficient (Wildman–Crippen LogP) is 2.40. The standard InChI is InChI=1S/C23H29ClN4O3/c1-27-18(7-8-21(29)25-14-19-6-3-11-31-19)13-26-23(30)22-20(27)9-10-28(22)15-16-4-2-5-17(24)12-16/h2-6,11-12,18,20,22H,7-10,13-15H2,1H3,(H,25,29)(H,26,30). The van der Waals surface area contributed by atoms with E-state index >= 15 is 0 Å². The molecule has 2 aliphatic heterocycles. The van der Waals surface area contributed by atoms with Crippen molar-refractivity contribution >= 4 is 23.4 Å². The molecule has 0 bridgehead atoms. The van der Waals surface area contributed by atoms with Gasteiger partial charge in [0.05, 0.1) is 12.8 Å². The lowest BCUT2D eigenvalue weighted by Gasteiger charge is -2.33. The number of furan rings is 1. The molecule has 3 heterocycles. The third kappa shape index (κ3) is 5.29. The Morgan fingerprint density at radius 3 is 2.97 bits per heavy atom. The number of hydrogen-bond acceptors (Lipinski definition) is 5. The largest absolute Gasteiger partial charge is 0.467 e. The summed E-state index contributed by atoms with van der Waals surface area (Å²) in [5.41, 5.74) is 1.11. The lowest BCUT2D eigenvalue weighted by molar-refractivity contribution is -0.126. The Morgan fingerprint density at radius 1 is 1.32 bits per heavy atom. The van der Waals surface area contributed by atoms with Crippen LogP contribution in [-0.4, -0.2) is 59.9 Å². The number of hydrogen-bond donors (Lipinski definition) is 2. The SMILES string of the molecule is CN1C(CCC(=O)NCc2ccco2)CNC(=O)C2C1CCN2Cc1cccc(Cl)c1. The van der Waals surface area contributed by atoms with Gasteiger partial charge in [-0.3, -0.25) is 19.4 Å². The first-order valence-electron chi connectivity index (χ1n) is 10.8. The van der Waals surface area contributed by atoms with E-state index in [0.717, 1.165) is 24.3 Å². The number of rotatable bonds is 7. The Hall–Kier alpha value is -2.35. The van der Waals surface area contributed by atoms with Gasteiger partial charge in [0.1, 0.15) is 11.8 Å². The summed E-state index contributed by atoms with van der Waals surface area (Å²) in [6, 6.07) is 11.5. The quantitative estimate of drug-likeness (QED) is 0.685. The van der Waals surface area contributed by atoms with Gasteiger partial charge in [-0.05, 0) is 49.7 Å². The second-order valence-electron chi connectivity index (χ2n) is 8.36. The first kappa shape index (κ1) is 21.9. The second kappa shape index (κ2) is 9.85. The van der Waals surface area contributed by atoms with Crippen molar-refractivity contribution in [2.45, 2.75) is 50.5 Å². The van der Waals surface area contributed by atoms with Crippen molar-refractivity contribution in [2.75, 3.05) is 20.1 Å². The molecule has 1 aromatic heterocycles. The molecule has 2 amide bonds. The van der Waals surface area contributed by atoms with Gasteiger partial charge in [-0.1, -0.05) is 23.7 Å². The summed E-state index contributed by atoms with van der Waals surface area (Å²) in [4.78, 5) is 29.7. The van der Waals surface area contributed by atoms with Gasteiger partial charge in [-0.15, -0.1) is 0 Å². The zero-order valence-electron chi connectivity index (χ0n) is 17.7. The summed E-state index contributed by atoms with van der Waals surface area (Å²) in [5, 5.41) is 6.71. The highest BCUT2D eigenvalue weighted by Gasteiger charge is 2.44. The minimum Gasteiger partial charge on any atom is -0.467 e. The van der Waals surface area contributed by atoms with E-state index in [1.807, 2.05) is 30.3 Å². The van der Waals surface area contributed by atoms with Crippen molar-refractivity contribution in [2.24, 2.45) is 0 Å². The highest BCUT2D eigenvalue weighted by molar-refractivity contribution is 6.30. The highest BCUT2D eigenvalue weighted by atomic mass is 35.5. The molecule has 31 heavy (non-hydrogen) atoms. The van der Waals surface area contributed by atoms with Crippen LogP contribution in [0, 0.1) is 0 Å². The molecule has 7 nitrogen and oxygen atoms in total. The summed E-state index contributed by atoms with van der Waals surface area (Å²) in [6.45, 7) is 2.50. The lowest BCUT2D eigenvalue weighted by atomic mass is 10.0. The number of carbonyl (C=O) groups excluding carboxylic acids is 2. The number of nitrogens with zero attached hydrogens (tertiary/aromatic N) is 2. The normalized spacial score (nSPS) is 24.5. The van der Waals surface area contributed by atoms with Crippen molar-refractivity contribution in [1.29, 1.82) is 0 Å². The second-order valence-corrected chi connectivity index (χ2v) is 8.80. The first-order chi connectivity index (χ1) is 15.0. The lowest BCUT2D eigenvalue weighted by Crippen LogP contribution is -2.49. The Kier molecular flexibility index (Phi) is 6.95. The maximum atomic E-state index is 12.9. The van der Waals surface area contributed by atoms with Crippen LogP contribution < -0.4 is 10.6 Å². The molecular formula is C23H29ClN4O3. The molecule has 1 aromatic carbocycles. The Labute approximate surface area is 187 Å². The molecule has 2 saturated heterocycles. The zero-order chi connectivity index (χ0) is 21.8. The molecule has 0 aliphatic carbocycles. The van der Waals surface area contributed by atoms with E-state index in [-0.39, 0.29) is 29.9 Å². The van der Waals surface area contributed by atoms with E-state index in [1.165, 1.54) is 0 Å². The molecule has 2 aliphatic rings. The van der Waals surface area contributed by atoms with Gasteiger partial charge < -0.3 is 15.1 Å². The summed E-state index contributed by atoms with van der Waals surface area (Å²) in [5.74, 6) is 0.799. The monoisotopic (exact) mass is 444 g/mol. The Bertz CT molecular complexity index is 904. The van der Waals surface area contributed by atoms with E-state index in [4.69, 9.17) is 16.0 Å². The van der Waals surface area contributed by atoms with Gasteiger partial charge in [0, 0.05) is 43.2 Å². The van der Waals surface area contributed by atoms with Gasteiger partial charge in [0.15, 0.2) is 0 Å². The Morgan fingerprint density at radius 2 is 2.19 bits per heavy atom. The van der Waals surface area contributed by atoms with Gasteiger partial charge in [0.25, 0.3) is 0 Å². The minimum absolute atomic E-state index is 0.00840. The highest BCUT2D eigenvalue weighted by Crippen LogP contribution is 2.29. The van der Waals surface area contributed by atoms with Crippen LogP contribution in [0.5, 0.6) is 0 Å². The summed E-state index contributed by atoms with van der Waals surface area (Å²) >= 11 is 6.13. The van der Waals surface area contributed by atoms with Crippen molar-refractivity contribution in [3.05, 3.63) is 59.0 Å². The van der Waals surface area contributed by atoms with E-state index in [1.54, 1.807) is 12.3 Å².